The van der Waals surface area contributed by atoms with Crippen molar-refractivity contribution in [2.45, 2.75) is 12.3 Å². The van der Waals surface area contributed by atoms with Crippen LogP contribution in [0.5, 0.6) is 0 Å². The smallest absolute Gasteiger partial charge is 0.223 e. The number of amides is 1. The van der Waals surface area contributed by atoms with Crippen LogP contribution in [0.4, 0.5) is 4.39 Å². The number of rotatable bonds is 5. The Kier molecular flexibility index (Phi) is 3.74. The molecular formula is C13H16FNO2. The first-order valence-corrected chi connectivity index (χ1v) is 5.75. The number of hydrogen-bond donors (Lipinski definition) is 1. The summed E-state index contributed by atoms with van der Waals surface area (Å²) in [4.78, 5) is 11.7. The van der Waals surface area contributed by atoms with Crippen LogP contribution in [0.1, 0.15) is 17.9 Å². The van der Waals surface area contributed by atoms with Crippen LogP contribution in [0.25, 0.3) is 0 Å². The summed E-state index contributed by atoms with van der Waals surface area (Å²) in [6.07, 6.45) is 0.736. The van der Waals surface area contributed by atoms with E-state index < -0.39 is 0 Å². The molecule has 1 aliphatic carbocycles. The summed E-state index contributed by atoms with van der Waals surface area (Å²) in [5.41, 5.74) is 0.652. The van der Waals surface area contributed by atoms with Crippen molar-refractivity contribution >= 4 is 5.91 Å². The topological polar surface area (TPSA) is 38.3 Å². The molecule has 0 spiro atoms. The normalized spacial score (nSPS) is 22.2. The van der Waals surface area contributed by atoms with Crippen molar-refractivity contribution in [2.75, 3.05) is 20.3 Å². The van der Waals surface area contributed by atoms with Gasteiger partial charge in [0.15, 0.2) is 0 Å². The van der Waals surface area contributed by atoms with Gasteiger partial charge in [0.2, 0.25) is 5.91 Å². The Morgan fingerprint density at radius 1 is 1.53 bits per heavy atom. The third kappa shape index (κ3) is 2.82. The summed E-state index contributed by atoms with van der Waals surface area (Å²) >= 11 is 0. The highest BCUT2D eigenvalue weighted by atomic mass is 19.1. The van der Waals surface area contributed by atoms with Crippen LogP contribution in [0.15, 0.2) is 24.3 Å². The number of carbonyl (C=O) groups is 1. The number of halogens is 1. The highest BCUT2D eigenvalue weighted by Gasteiger charge is 2.44. The number of carbonyl (C=O) groups excluding carboxylic acids is 1. The lowest BCUT2D eigenvalue weighted by atomic mass is 10.1. The summed E-state index contributed by atoms with van der Waals surface area (Å²) in [5, 5.41) is 2.78. The molecule has 4 heteroatoms. The first-order valence-electron chi connectivity index (χ1n) is 5.75. The van der Waals surface area contributed by atoms with Gasteiger partial charge in [0.1, 0.15) is 5.82 Å². The van der Waals surface area contributed by atoms with E-state index in [0.717, 1.165) is 6.42 Å². The molecule has 0 radical (unpaired) electrons. The van der Waals surface area contributed by atoms with Gasteiger partial charge in [0.05, 0.1) is 6.61 Å². The predicted octanol–water partition coefficient (Wildman–Crippen LogP) is 1.69. The Morgan fingerprint density at radius 3 is 3.00 bits per heavy atom. The molecule has 2 unspecified atom stereocenters. The molecule has 1 aromatic carbocycles. The molecule has 0 heterocycles. The molecule has 0 saturated heterocycles. The Hall–Kier alpha value is -1.42. The van der Waals surface area contributed by atoms with Crippen molar-refractivity contribution in [3.05, 3.63) is 35.6 Å². The Labute approximate surface area is 100.0 Å². The molecular weight excluding hydrogens is 221 g/mol. The van der Waals surface area contributed by atoms with E-state index in [4.69, 9.17) is 4.74 Å². The second-order valence-electron chi connectivity index (χ2n) is 4.25. The minimum absolute atomic E-state index is 0.00435. The van der Waals surface area contributed by atoms with Crippen molar-refractivity contribution in [1.82, 2.24) is 5.32 Å². The third-order valence-electron chi connectivity index (χ3n) is 3.04. The van der Waals surface area contributed by atoms with E-state index >= 15 is 0 Å². The summed E-state index contributed by atoms with van der Waals surface area (Å²) in [6.45, 7) is 1.01. The maximum absolute atomic E-state index is 13.5. The number of methoxy groups -OCH3 is 1. The second-order valence-corrected chi connectivity index (χ2v) is 4.25. The van der Waals surface area contributed by atoms with E-state index in [9.17, 15) is 9.18 Å². The van der Waals surface area contributed by atoms with Gasteiger partial charge in [-0.3, -0.25) is 4.79 Å². The fourth-order valence-electron chi connectivity index (χ4n) is 2.01. The molecule has 0 bridgehead atoms. The quantitative estimate of drug-likeness (QED) is 0.791. The lowest BCUT2D eigenvalue weighted by Gasteiger charge is -2.04. The van der Waals surface area contributed by atoms with Gasteiger partial charge in [-0.1, -0.05) is 18.2 Å². The van der Waals surface area contributed by atoms with E-state index in [0.29, 0.717) is 18.7 Å². The predicted molar refractivity (Wildman–Crippen MR) is 62.1 cm³/mol. The Bertz CT molecular complexity index is 408. The van der Waals surface area contributed by atoms with Crippen molar-refractivity contribution in [3.63, 3.8) is 0 Å². The molecule has 0 aromatic heterocycles. The van der Waals surface area contributed by atoms with Crippen LogP contribution in [-0.4, -0.2) is 26.2 Å². The molecule has 1 N–H and O–H groups in total. The van der Waals surface area contributed by atoms with Crippen molar-refractivity contribution < 1.29 is 13.9 Å². The SMILES string of the molecule is COCCNC(=O)C1CC1c1ccccc1F. The summed E-state index contributed by atoms with van der Waals surface area (Å²) in [6, 6.07) is 6.65. The molecule has 1 amide bonds. The first kappa shape index (κ1) is 12.0. The van der Waals surface area contributed by atoms with Gasteiger partial charge < -0.3 is 10.1 Å². The van der Waals surface area contributed by atoms with Gasteiger partial charge in [-0.25, -0.2) is 4.39 Å². The van der Waals surface area contributed by atoms with Crippen LogP contribution < -0.4 is 5.32 Å². The molecule has 2 rings (SSSR count). The first-order chi connectivity index (χ1) is 8.24. The van der Waals surface area contributed by atoms with Gasteiger partial charge in [0, 0.05) is 19.6 Å². The third-order valence-corrected chi connectivity index (χ3v) is 3.04. The van der Waals surface area contributed by atoms with Gasteiger partial charge in [-0.15, -0.1) is 0 Å². The minimum atomic E-state index is -0.218. The molecule has 1 aromatic rings. The van der Waals surface area contributed by atoms with Crippen LogP contribution >= 0.6 is 0 Å². The lowest BCUT2D eigenvalue weighted by Crippen LogP contribution is -2.28. The maximum atomic E-state index is 13.5. The van der Waals surface area contributed by atoms with Crippen molar-refractivity contribution in [3.8, 4) is 0 Å². The molecule has 17 heavy (non-hydrogen) atoms. The van der Waals surface area contributed by atoms with Crippen LogP contribution in [0, 0.1) is 11.7 Å². The molecule has 92 valence electrons. The highest BCUT2D eigenvalue weighted by Crippen LogP contribution is 2.48. The summed E-state index contributed by atoms with van der Waals surface area (Å²) in [7, 11) is 1.59. The molecule has 1 fully saturated rings. The van der Waals surface area contributed by atoms with Gasteiger partial charge in [-0.05, 0) is 24.0 Å². The van der Waals surface area contributed by atoms with Gasteiger partial charge in [0.25, 0.3) is 0 Å². The molecule has 1 aliphatic rings. The summed E-state index contributed by atoms with van der Waals surface area (Å²) in [5.74, 6) is -0.262. The monoisotopic (exact) mass is 237 g/mol. The second kappa shape index (κ2) is 5.27. The molecule has 1 saturated carbocycles. The fourth-order valence-corrected chi connectivity index (χ4v) is 2.01. The standard InChI is InChI=1S/C13H16FNO2/c1-17-7-6-15-13(16)11-8-10(11)9-4-2-3-5-12(9)14/h2-5,10-11H,6-8H2,1H3,(H,15,16). The zero-order valence-corrected chi connectivity index (χ0v) is 9.78. The lowest BCUT2D eigenvalue weighted by molar-refractivity contribution is -0.122. The highest BCUT2D eigenvalue weighted by molar-refractivity contribution is 5.82. The van der Waals surface area contributed by atoms with Crippen molar-refractivity contribution in [2.24, 2.45) is 5.92 Å². The average Bonchev–Trinajstić information content (AvgIpc) is 3.10. The van der Waals surface area contributed by atoms with E-state index in [1.54, 1.807) is 25.3 Å². The summed E-state index contributed by atoms with van der Waals surface area (Å²) < 4.78 is 18.3. The van der Waals surface area contributed by atoms with E-state index in [1.165, 1.54) is 6.07 Å². The maximum Gasteiger partial charge on any atom is 0.223 e. The number of benzene rings is 1. The zero-order valence-electron chi connectivity index (χ0n) is 9.78. The van der Waals surface area contributed by atoms with Crippen molar-refractivity contribution in [1.29, 1.82) is 0 Å². The largest absolute Gasteiger partial charge is 0.383 e. The fraction of sp³-hybridized carbons (Fsp3) is 0.462. The van der Waals surface area contributed by atoms with Gasteiger partial charge in [-0.2, -0.15) is 0 Å². The number of nitrogens with one attached hydrogen (secondary N) is 1. The number of ether oxygens (including phenoxy) is 1. The average molecular weight is 237 g/mol. The minimum Gasteiger partial charge on any atom is -0.383 e. The molecule has 0 aliphatic heterocycles. The Morgan fingerprint density at radius 2 is 2.29 bits per heavy atom. The van der Waals surface area contributed by atoms with E-state index in [-0.39, 0.29) is 23.6 Å². The van der Waals surface area contributed by atoms with Crippen LogP contribution in [0.2, 0.25) is 0 Å². The molecule has 3 nitrogen and oxygen atoms in total. The zero-order chi connectivity index (χ0) is 12.3. The van der Waals surface area contributed by atoms with E-state index in [2.05, 4.69) is 5.32 Å². The van der Waals surface area contributed by atoms with Gasteiger partial charge >= 0.3 is 0 Å². The number of hydrogen-bond acceptors (Lipinski definition) is 2. The molecule has 2 atom stereocenters. The van der Waals surface area contributed by atoms with Crippen LogP contribution in [0.3, 0.4) is 0 Å². The van der Waals surface area contributed by atoms with E-state index in [1.807, 2.05) is 0 Å². The van der Waals surface area contributed by atoms with Crippen LogP contribution in [-0.2, 0) is 9.53 Å². The Balaban J connectivity index is 1.88.